The van der Waals surface area contributed by atoms with E-state index in [-0.39, 0.29) is 13.2 Å². The first-order valence-electron chi connectivity index (χ1n) is 5.84. The Bertz CT molecular complexity index is 588. The SMILES string of the molecule is Nc1c(F)ccc(S(=O)(=O)NCC2COCCO2)c1F. The maximum Gasteiger partial charge on any atom is 0.243 e. The Hall–Kier alpha value is -1.29. The van der Waals surface area contributed by atoms with Crippen molar-refractivity contribution in [1.29, 1.82) is 0 Å². The number of hydrogen-bond donors (Lipinski definition) is 2. The zero-order valence-electron chi connectivity index (χ0n) is 10.4. The highest BCUT2D eigenvalue weighted by Crippen LogP contribution is 2.22. The number of rotatable bonds is 4. The van der Waals surface area contributed by atoms with Crippen LogP contribution in [0.5, 0.6) is 0 Å². The number of benzene rings is 1. The average molecular weight is 308 g/mol. The first-order chi connectivity index (χ1) is 9.42. The Labute approximate surface area is 114 Å². The van der Waals surface area contributed by atoms with Gasteiger partial charge in [0.2, 0.25) is 10.0 Å². The average Bonchev–Trinajstić information content (AvgIpc) is 2.44. The van der Waals surface area contributed by atoms with E-state index in [1.54, 1.807) is 0 Å². The summed E-state index contributed by atoms with van der Waals surface area (Å²) in [4.78, 5) is -0.701. The van der Waals surface area contributed by atoms with Crippen LogP contribution in [0.2, 0.25) is 0 Å². The van der Waals surface area contributed by atoms with Crippen molar-refractivity contribution in [3.8, 4) is 0 Å². The Balaban J connectivity index is 2.12. The van der Waals surface area contributed by atoms with Crippen molar-refractivity contribution in [1.82, 2.24) is 4.72 Å². The number of halogens is 2. The van der Waals surface area contributed by atoms with Crippen molar-refractivity contribution in [2.24, 2.45) is 0 Å². The molecule has 1 atom stereocenters. The zero-order chi connectivity index (χ0) is 14.8. The fourth-order valence-electron chi connectivity index (χ4n) is 1.69. The third kappa shape index (κ3) is 3.23. The second-order valence-electron chi connectivity index (χ2n) is 4.19. The minimum Gasteiger partial charge on any atom is -0.394 e. The van der Waals surface area contributed by atoms with Gasteiger partial charge in [-0.15, -0.1) is 0 Å². The molecule has 0 amide bonds. The van der Waals surface area contributed by atoms with Crippen LogP contribution in [-0.4, -0.2) is 40.9 Å². The van der Waals surface area contributed by atoms with Crippen LogP contribution >= 0.6 is 0 Å². The van der Waals surface area contributed by atoms with Gasteiger partial charge in [-0.05, 0) is 12.1 Å². The van der Waals surface area contributed by atoms with Crippen LogP contribution in [0.15, 0.2) is 17.0 Å². The molecule has 3 N–H and O–H groups in total. The molecule has 20 heavy (non-hydrogen) atoms. The maximum atomic E-state index is 13.7. The fraction of sp³-hybridized carbons (Fsp3) is 0.455. The standard InChI is InChI=1S/C11H14F2N2O4S/c12-8-1-2-9(10(13)11(8)14)20(16,17)15-5-7-6-18-3-4-19-7/h1-2,7,15H,3-6,14H2. The smallest absolute Gasteiger partial charge is 0.243 e. The van der Waals surface area contributed by atoms with Gasteiger partial charge in [0.05, 0.1) is 25.9 Å². The molecule has 112 valence electrons. The van der Waals surface area contributed by atoms with E-state index in [1.807, 2.05) is 0 Å². The number of sulfonamides is 1. The maximum absolute atomic E-state index is 13.7. The third-order valence-electron chi connectivity index (χ3n) is 2.77. The molecule has 1 aromatic carbocycles. The van der Waals surface area contributed by atoms with Crippen LogP contribution in [-0.2, 0) is 19.5 Å². The molecule has 1 heterocycles. The van der Waals surface area contributed by atoms with Gasteiger partial charge in [-0.25, -0.2) is 21.9 Å². The highest BCUT2D eigenvalue weighted by molar-refractivity contribution is 7.89. The molecule has 0 aliphatic carbocycles. The van der Waals surface area contributed by atoms with E-state index >= 15 is 0 Å². The lowest BCUT2D eigenvalue weighted by Crippen LogP contribution is -2.39. The summed E-state index contributed by atoms with van der Waals surface area (Å²) < 4.78 is 63.1. The lowest BCUT2D eigenvalue weighted by Gasteiger charge is -2.23. The van der Waals surface area contributed by atoms with Crippen molar-refractivity contribution in [2.75, 3.05) is 32.1 Å². The minimum absolute atomic E-state index is 0.0704. The summed E-state index contributed by atoms with van der Waals surface area (Å²) in [5.41, 5.74) is 4.30. The molecule has 1 aromatic rings. The molecule has 0 saturated carbocycles. The van der Waals surface area contributed by atoms with Crippen molar-refractivity contribution in [2.45, 2.75) is 11.0 Å². The Morgan fingerprint density at radius 3 is 2.75 bits per heavy atom. The molecule has 9 heteroatoms. The van der Waals surface area contributed by atoms with Crippen molar-refractivity contribution < 1.29 is 26.7 Å². The summed E-state index contributed by atoms with van der Waals surface area (Å²) in [6.07, 6.45) is -0.445. The number of hydrogen-bond acceptors (Lipinski definition) is 5. The van der Waals surface area contributed by atoms with E-state index < -0.39 is 38.3 Å². The molecule has 6 nitrogen and oxygen atoms in total. The summed E-state index contributed by atoms with van der Waals surface area (Å²) in [5, 5.41) is 0. The quantitative estimate of drug-likeness (QED) is 0.778. The van der Waals surface area contributed by atoms with Gasteiger partial charge in [0.15, 0.2) is 5.82 Å². The fourth-order valence-corrected chi connectivity index (χ4v) is 2.85. The molecule has 0 aromatic heterocycles. The van der Waals surface area contributed by atoms with Gasteiger partial charge in [-0.2, -0.15) is 0 Å². The zero-order valence-corrected chi connectivity index (χ0v) is 11.3. The summed E-state index contributed by atoms with van der Waals surface area (Å²) in [5.74, 6) is -2.32. The highest BCUT2D eigenvalue weighted by Gasteiger charge is 2.24. The van der Waals surface area contributed by atoms with Gasteiger partial charge in [-0.3, -0.25) is 0 Å². The predicted octanol–water partition coefficient (Wildman–Crippen LogP) is 0.241. The van der Waals surface area contributed by atoms with Gasteiger partial charge < -0.3 is 15.2 Å². The minimum atomic E-state index is -4.14. The summed E-state index contributed by atoms with van der Waals surface area (Å²) >= 11 is 0. The van der Waals surface area contributed by atoms with Crippen LogP contribution in [0.25, 0.3) is 0 Å². The van der Waals surface area contributed by atoms with Gasteiger partial charge in [-0.1, -0.05) is 0 Å². The predicted molar refractivity (Wildman–Crippen MR) is 66.5 cm³/mol. The first-order valence-corrected chi connectivity index (χ1v) is 7.32. The van der Waals surface area contributed by atoms with Crippen LogP contribution in [0.3, 0.4) is 0 Å². The summed E-state index contributed by atoms with van der Waals surface area (Å²) in [6.45, 7) is 0.992. The van der Waals surface area contributed by atoms with Crippen molar-refractivity contribution in [3.05, 3.63) is 23.8 Å². The Kier molecular flexibility index (Phi) is 4.53. The normalized spacial score (nSPS) is 20.0. The molecule has 0 bridgehead atoms. The molecule has 1 aliphatic heterocycles. The largest absolute Gasteiger partial charge is 0.394 e. The Morgan fingerprint density at radius 1 is 1.35 bits per heavy atom. The van der Waals surface area contributed by atoms with Gasteiger partial charge in [0, 0.05) is 6.54 Å². The lowest BCUT2D eigenvalue weighted by molar-refractivity contribution is -0.0847. The summed E-state index contributed by atoms with van der Waals surface area (Å²) in [7, 11) is -4.14. The molecule has 1 unspecified atom stereocenters. The van der Waals surface area contributed by atoms with Crippen LogP contribution in [0.4, 0.5) is 14.5 Å². The van der Waals surface area contributed by atoms with Crippen LogP contribution in [0, 0.1) is 11.6 Å². The molecule has 0 radical (unpaired) electrons. The number of nitrogens with two attached hydrogens (primary N) is 1. The molecule has 0 spiro atoms. The molecular weight excluding hydrogens is 294 g/mol. The molecular formula is C11H14F2N2O4S. The highest BCUT2D eigenvalue weighted by atomic mass is 32.2. The second-order valence-corrected chi connectivity index (χ2v) is 5.93. The Morgan fingerprint density at radius 2 is 2.10 bits per heavy atom. The second kappa shape index (κ2) is 6.00. The molecule has 1 aliphatic rings. The van der Waals surface area contributed by atoms with E-state index in [2.05, 4.69) is 4.72 Å². The number of nitrogens with one attached hydrogen (secondary N) is 1. The molecule has 1 fully saturated rings. The number of anilines is 1. The summed E-state index contributed by atoms with van der Waals surface area (Å²) in [6, 6.07) is 1.62. The number of nitrogen functional groups attached to an aromatic ring is 1. The van der Waals surface area contributed by atoms with E-state index in [0.717, 1.165) is 12.1 Å². The van der Waals surface area contributed by atoms with E-state index in [9.17, 15) is 17.2 Å². The van der Waals surface area contributed by atoms with Crippen LogP contribution in [0.1, 0.15) is 0 Å². The third-order valence-corrected chi connectivity index (χ3v) is 4.21. The monoisotopic (exact) mass is 308 g/mol. The molecule has 2 rings (SSSR count). The lowest BCUT2D eigenvalue weighted by atomic mass is 10.3. The van der Waals surface area contributed by atoms with E-state index in [1.165, 1.54) is 0 Å². The van der Waals surface area contributed by atoms with Crippen LogP contribution < -0.4 is 10.5 Å². The van der Waals surface area contributed by atoms with Gasteiger partial charge in [0.25, 0.3) is 0 Å². The topological polar surface area (TPSA) is 90.7 Å². The van der Waals surface area contributed by atoms with E-state index in [0.29, 0.717) is 13.2 Å². The number of ether oxygens (including phenoxy) is 2. The molecule has 1 saturated heterocycles. The van der Waals surface area contributed by atoms with Gasteiger partial charge >= 0.3 is 0 Å². The van der Waals surface area contributed by atoms with E-state index in [4.69, 9.17) is 15.2 Å². The van der Waals surface area contributed by atoms with Crippen molar-refractivity contribution >= 4 is 15.7 Å². The first kappa shape index (κ1) is 15.1. The van der Waals surface area contributed by atoms with Gasteiger partial charge in [0.1, 0.15) is 16.4 Å². The van der Waals surface area contributed by atoms with Crippen molar-refractivity contribution in [3.63, 3.8) is 0 Å².